The summed E-state index contributed by atoms with van der Waals surface area (Å²) in [6, 6.07) is 0.185. The molecule has 1 atom stereocenters. The number of nitrogens with zero attached hydrogens (tertiary/aromatic N) is 2. The zero-order valence-electron chi connectivity index (χ0n) is 10.0. The van der Waals surface area contributed by atoms with Gasteiger partial charge in [0, 0.05) is 7.05 Å². The van der Waals surface area contributed by atoms with Crippen molar-refractivity contribution in [1.29, 1.82) is 0 Å². The molecule has 0 aliphatic carbocycles. The Labute approximate surface area is 115 Å². The predicted octanol–water partition coefficient (Wildman–Crippen LogP) is 2.22. The lowest BCUT2D eigenvalue weighted by molar-refractivity contribution is 0.361. The fourth-order valence-electron chi connectivity index (χ4n) is 2.39. The summed E-state index contributed by atoms with van der Waals surface area (Å²) >= 11 is 5.60. The topological polar surface area (TPSA) is 55.9 Å². The van der Waals surface area contributed by atoms with Gasteiger partial charge in [-0.15, -0.1) is 0 Å². The standard InChI is InChI=1S/C11H19BrN4S/c1-16-11(9(12)7-14-16)10(15-13)6-8-2-4-17-5-3-8/h7-8,10,15H,2-6,13H2,1H3. The van der Waals surface area contributed by atoms with Gasteiger partial charge in [-0.05, 0) is 52.6 Å². The average Bonchev–Trinajstić information content (AvgIpc) is 2.68. The number of rotatable bonds is 4. The maximum Gasteiger partial charge on any atom is 0.0705 e. The number of nitrogens with two attached hydrogens (primary N) is 1. The van der Waals surface area contributed by atoms with Crippen molar-refractivity contribution in [1.82, 2.24) is 15.2 Å². The smallest absolute Gasteiger partial charge is 0.0705 e. The van der Waals surface area contributed by atoms with Gasteiger partial charge in [0.25, 0.3) is 0 Å². The summed E-state index contributed by atoms with van der Waals surface area (Å²) in [7, 11) is 1.96. The number of thioether (sulfide) groups is 1. The molecule has 0 amide bonds. The van der Waals surface area contributed by atoms with Crippen molar-refractivity contribution in [3.63, 3.8) is 0 Å². The van der Waals surface area contributed by atoms with Gasteiger partial charge in [0.2, 0.25) is 0 Å². The van der Waals surface area contributed by atoms with Crippen LogP contribution in [0.5, 0.6) is 0 Å². The Kier molecular flexibility index (Phi) is 4.90. The van der Waals surface area contributed by atoms with Crippen LogP contribution in [0.4, 0.5) is 0 Å². The maximum absolute atomic E-state index is 5.70. The van der Waals surface area contributed by atoms with Crippen LogP contribution in [-0.2, 0) is 7.05 Å². The molecule has 0 bridgehead atoms. The highest BCUT2D eigenvalue weighted by Gasteiger charge is 2.23. The number of aromatic nitrogens is 2. The second kappa shape index (κ2) is 6.22. The number of aryl methyl sites for hydroxylation is 1. The first-order valence-electron chi connectivity index (χ1n) is 5.93. The van der Waals surface area contributed by atoms with Gasteiger partial charge in [-0.2, -0.15) is 16.9 Å². The van der Waals surface area contributed by atoms with E-state index in [1.54, 1.807) is 0 Å². The molecule has 2 heterocycles. The van der Waals surface area contributed by atoms with Crippen molar-refractivity contribution in [3.8, 4) is 0 Å². The SMILES string of the molecule is Cn1ncc(Br)c1C(CC1CCSCC1)NN. The molecule has 2 rings (SSSR count). The summed E-state index contributed by atoms with van der Waals surface area (Å²) in [5, 5.41) is 4.25. The lowest BCUT2D eigenvalue weighted by Crippen LogP contribution is -2.32. The first-order valence-corrected chi connectivity index (χ1v) is 7.88. The third-order valence-electron chi connectivity index (χ3n) is 3.38. The Morgan fingerprint density at radius 1 is 1.65 bits per heavy atom. The fraction of sp³-hybridized carbons (Fsp3) is 0.727. The van der Waals surface area contributed by atoms with Crippen LogP contribution in [0, 0.1) is 5.92 Å². The summed E-state index contributed by atoms with van der Waals surface area (Å²) < 4.78 is 2.93. The molecular formula is C11H19BrN4S. The van der Waals surface area contributed by atoms with E-state index in [4.69, 9.17) is 5.84 Å². The second-order valence-corrected chi connectivity index (χ2v) is 6.59. The van der Waals surface area contributed by atoms with Gasteiger partial charge in [0.15, 0.2) is 0 Å². The molecule has 0 radical (unpaired) electrons. The third-order valence-corrected chi connectivity index (χ3v) is 5.04. The van der Waals surface area contributed by atoms with Crippen molar-refractivity contribution < 1.29 is 0 Å². The summed E-state index contributed by atoms with van der Waals surface area (Å²) in [6.45, 7) is 0. The second-order valence-electron chi connectivity index (χ2n) is 4.51. The number of halogens is 1. The van der Waals surface area contributed by atoms with E-state index in [-0.39, 0.29) is 6.04 Å². The van der Waals surface area contributed by atoms with Crippen molar-refractivity contribution in [2.24, 2.45) is 18.8 Å². The molecule has 0 spiro atoms. The first-order chi connectivity index (χ1) is 8.22. The van der Waals surface area contributed by atoms with Crippen molar-refractivity contribution >= 4 is 27.7 Å². The highest BCUT2D eigenvalue weighted by Crippen LogP contribution is 2.32. The minimum atomic E-state index is 0.185. The molecule has 1 aromatic heterocycles. The van der Waals surface area contributed by atoms with Crippen LogP contribution in [0.1, 0.15) is 31.0 Å². The molecule has 6 heteroatoms. The molecule has 0 saturated carbocycles. The Bertz CT molecular complexity index is 343. The molecular weight excluding hydrogens is 300 g/mol. The van der Waals surface area contributed by atoms with Gasteiger partial charge in [-0.25, -0.2) is 0 Å². The summed E-state index contributed by atoms with van der Waals surface area (Å²) in [5.41, 5.74) is 4.08. The maximum atomic E-state index is 5.70. The summed E-state index contributed by atoms with van der Waals surface area (Å²) in [5.74, 6) is 9.05. The number of nitrogens with one attached hydrogen (secondary N) is 1. The number of hydrogen-bond donors (Lipinski definition) is 2. The predicted molar refractivity (Wildman–Crippen MR) is 75.6 cm³/mol. The zero-order chi connectivity index (χ0) is 12.3. The van der Waals surface area contributed by atoms with Crippen LogP contribution >= 0.6 is 27.7 Å². The average molecular weight is 319 g/mol. The van der Waals surface area contributed by atoms with Crippen molar-refractivity contribution in [3.05, 3.63) is 16.4 Å². The van der Waals surface area contributed by atoms with Gasteiger partial charge in [0.05, 0.1) is 22.4 Å². The molecule has 3 N–H and O–H groups in total. The molecule has 1 aliphatic rings. The molecule has 1 aliphatic heterocycles. The van der Waals surface area contributed by atoms with E-state index in [1.807, 2.05) is 17.9 Å². The van der Waals surface area contributed by atoms with Gasteiger partial charge in [0.1, 0.15) is 0 Å². The number of hydrazine groups is 1. The normalized spacial score (nSPS) is 19.5. The molecule has 4 nitrogen and oxygen atoms in total. The van der Waals surface area contributed by atoms with Gasteiger partial charge in [-0.1, -0.05) is 0 Å². The Morgan fingerprint density at radius 2 is 2.35 bits per heavy atom. The Hall–Kier alpha value is -0.0400. The van der Waals surface area contributed by atoms with Gasteiger partial charge >= 0.3 is 0 Å². The zero-order valence-corrected chi connectivity index (χ0v) is 12.4. The van der Waals surface area contributed by atoms with E-state index >= 15 is 0 Å². The molecule has 17 heavy (non-hydrogen) atoms. The highest BCUT2D eigenvalue weighted by molar-refractivity contribution is 9.10. The largest absolute Gasteiger partial charge is 0.271 e. The third kappa shape index (κ3) is 3.24. The van der Waals surface area contributed by atoms with E-state index in [0.29, 0.717) is 0 Å². The van der Waals surface area contributed by atoms with Crippen LogP contribution in [-0.4, -0.2) is 21.3 Å². The summed E-state index contributed by atoms with van der Waals surface area (Å²) in [4.78, 5) is 0. The molecule has 1 fully saturated rings. The van der Waals surface area contributed by atoms with Crippen LogP contribution in [0.15, 0.2) is 10.7 Å². The van der Waals surface area contributed by atoms with E-state index < -0.39 is 0 Å². The molecule has 0 aromatic carbocycles. The van der Waals surface area contributed by atoms with Crippen molar-refractivity contribution in [2.75, 3.05) is 11.5 Å². The minimum absolute atomic E-state index is 0.185. The first kappa shape index (κ1) is 13.4. The Morgan fingerprint density at radius 3 is 2.88 bits per heavy atom. The quantitative estimate of drug-likeness (QED) is 0.660. The molecule has 96 valence electrons. The van der Waals surface area contributed by atoms with Gasteiger partial charge < -0.3 is 0 Å². The minimum Gasteiger partial charge on any atom is -0.271 e. The van der Waals surface area contributed by atoms with E-state index in [9.17, 15) is 0 Å². The highest BCUT2D eigenvalue weighted by atomic mass is 79.9. The molecule has 1 unspecified atom stereocenters. The Balaban J connectivity index is 2.05. The molecule has 1 aromatic rings. The van der Waals surface area contributed by atoms with Crippen LogP contribution in [0.25, 0.3) is 0 Å². The lowest BCUT2D eigenvalue weighted by atomic mass is 9.93. The molecule has 1 saturated heterocycles. The lowest BCUT2D eigenvalue weighted by Gasteiger charge is -2.26. The number of hydrogen-bond acceptors (Lipinski definition) is 4. The van der Waals surface area contributed by atoms with E-state index in [1.165, 1.54) is 24.3 Å². The summed E-state index contributed by atoms with van der Waals surface area (Å²) in [6.07, 6.45) is 5.53. The van der Waals surface area contributed by atoms with Crippen LogP contribution in [0.2, 0.25) is 0 Å². The van der Waals surface area contributed by atoms with Gasteiger partial charge in [-0.3, -0.25) is 16.0 Å². The monoisotopic (exact) mass is 318 g/mol. The van der Waals surface area contributed by atoms with Crippen molar-refractivity contribution in [2.45, 2.75) is 25.3 Å². The van der Waals surface area contributed by atoms with E-state index in [2.05, 4.69) is 38.2 Å². The van der Waals surface area contributed by atoms with E-state index in [0.717, 1.165) is 22.5 Å². The van der Waals surface area contributed by atoms with Crippen LogP contribution < -0.4 is 11.3 Å². The fourth-order valence-corrected chi connectivity index (χ4v) is 4.21. The van der Waals surface area contributed by atoms with Crippen LogP contribution in [0.3, 0.4) is 0 Å².